The summed E-state index contributed by atoms with van der Waals surface area (Å²) in [5.41, 5.74) is 20.3. The average Bonchev–Trinajstić information content (AvgIpc) is 4.04. The molecule has 11 aromatic carbocycles. The highest BCUT2D eigenvalue weighted by molar-refractivity contribution is 6.13. The zero-order valence-electron chi connectivity index (χ0n) is 37.1. The fraction of sp³-hybridized carbons (Fsp3) is 0.0154. The van der Waals surface area contributed by atoms with Crippen LogP contribution in [0.4, 0.5) is 34.1 Å². The smallest absolute Gasteiger partial charge is 0.137 e. The molecule has 12 aromatic rings. The van der Waals surface area contributed by atoms with Gasteiger partial charge in [0.15, 0.2) is 0 Å². The normalized spacial score (nSPS) is 14.2. The van der Waals surface area contributed by atoms with Gasteiger partial charge in [0.05, 0.1) is 16.5 Å². The Hall–Kier alpha value is -8.92. The molecule has 1 aromatic heterocycles. The van der Waals surface area contributed by atoms with Crippen molar-refractivity contribution in [3.63, 3.8) is 0 Å². The van der Waals surface area contributed by atoms with E-state index in [1.165, 1.54) is 66.4 Å². The SMILES string of the molecule is c1ccc(-c2cccc3ccc(N(c4ccccc4)c4ccc5c(c4)C4(c6ccccc6-5)c5ccccc5-c5ccc(N(c6ccccc6)c6cccc7oc8ccccc8c67)cc54)cc23)cc1. The summed E-state index contributed by atoms with van der Waals surface area (Å²) in [6.07, 6.45) is 0. The molecule has 3 nitrogen and oxygen atoms in total. The molecule has 2 aliphatic carbocycles. The zero-order valence-corrected chi connectivity index (χ0v) is 37.1. The van der Waals surface area contributed by atoms with Crippen LogP contribution in [0.1, 0.15) is 22.3 Å². The minimum atomic E-state index is -0.604. The van der Waals surface area contributed by atoms with Crippen molar-refractivity contribution in [3.8, 4) is 33.4 Å². The van der Waals surface area contributed by atoms with Crippen LogP contribution in [0.15, 0.2) is 259 Å². The van der Waals surface area contributed by atoms with Gasteiger partial charge in [-0.3, -0.25) is 0 Å². The third-order valence-electron chi connectivity index (χ3n) is 14.4. The number of anilines is 6. The predicted molar refractivity (Wildman–Crippen MR) is 282 cm³/mol. The molecule has 0 amide bonds. The van der Waals surface area contributed by atoms with Gasteiger partial charge in [0.1, 0.15) is 11.2 Å². The second-order valence-electron chi connectivity index (χ2n) is 18.0. The third-order valence-corrected chi connectivity index (χ3v) is 14.4. The summed E-state index contributed by atoms with van der Waals surface area (Å²) < 4.78 is 6.50. The van der Waals surface area contributed by atoms with Gasteiger partial charge in [-0.05, 0) is 145 Å². The number of fused-ring (bicyclic) bond motifs is 14. The van der Waals surface area contributed by atoms with E-state index in [-0.39, 0.29) is 0 Å². The van der Waals surface area contributed by atoms with Crippen molar-refractivity contribution in [1.29, 1.82) is 0 Å². The Bertz CT molecular complexity index is 3920. The topological polar surface area (TPSA) is 19.6 Å². The number of rotatable bonds is 7. The summed E-state index contributed by atoms with van der Waals surface area (Å²) >= 11 is 0. The molecule has 0 saturated heterocycles. The molecule has 0 N–H and O–H groups in total. The van der Waals surface area contributed by atoms with Gasteiger partial charge in [0, 0.05) is 33.8 Å². The van der Waals surface area contributed by atoms with Crippen molar-refractivity contribution in [2.24, 2.45) is 0 Å². The fourth-order valence-electron chi connectivity index (χ4n) is 11.6. The zero-order chi connectivity index (χ0) is 44.8. The van der Waals surface area contributed by atoms with Gasteiger partial charge in [-0.25, -0.2) is 0 Å². The molecular formula is C65H42N2O. The number of para-hydroxylation sites is 3. The summed E-state index contributed by atoms with van der Waals surface area (Å²) in [4.78, 5) is 4.85. The number of nitrogens with zero attached hydrogens (tertiary/aromatic N) is 2. The van der Waals surface area contributed by atoms with Gasteiger partial charge in [-0.2, -0.15) is 0 Å². The molecule has 0 bridgehead atoms. The van der Waals surface area contributed by atoms with Gasteiger partial charge in [-0.15, -0.1) is 0 Å². The molecule has 0 saturated carbocycles. The van der Waals surface area contributed by atoms with Crippen LogP contribution in [-0.4, -0.2) is 0 Å². The lowest BCUT2D eigenvalue weighted by Crippen LogP contribution is -2.26. The Morgan fingerprint density at radius 3 is 1.49 bits per heavy atom. The van der Waals surface area contributed by atoms with Crippen LogP contribution in [0.3, 0.4) is 0 Å². The molecule has 1 atom stereocenters. The second kappa shape index (κ2) is 15.1. The van der Waals surface area contributed by atoms with E-state index >= 15 is 0 Å². The van der Waals surface area contributed by atoms with Gasteiger partial charge in [0.25, 0.3) is 0 Å². The summed E-state index contributed by atoms with van der Waals surface area (Å²) in [5.74, 6) is 0. The van der Waals surface area contributed by atoms with Gasteiger partial charge < -0.3 is 14.2 Å². The van der Waals surface area contributed by atoms with Gasteiger partial charge in [0.2, 0.25) is 0 Å². The lowest BCUT2D eigenvalue weighted by atomic mass is 9.70. The van der Waals surface area contributed by atoms with Crippen molar-refractivity contribution in [1.82, 2.24) is 0 Å². The van der Waals surface area contributed by atoms with Crippen molar-refractivity contribution in [2.75, 3.05) is 9.80 Å². The Balaban J connectivity index is 1.02. The summed E-state index contributed by atoms with van der Waals surface area (Å²) in [7, 11) is 0. The van der Waals surface area contributed by atoms with Crippen LogP contribution < -0.4 is 9.80 Å². The Morgan fingerprint density at radius 1 is 0.294 bits per heavy atom. The Kier molecular flexibility index (Phi) is 8.50. The highest BCUT2D eigenvalue weighted by Gasteiger charge is 2.52. The van der Waals surface area contributed by atoms with E-state index in [9.17, 15) is 0 Å². The molecule has 0 aliphatic heterocycles. The molecule has 0 radical (unpaired) electrons. The molecule has 3 heteroatoms. The monoisotopic (exact) mass is 866 g/mol. The number of furan rings is 1. The predicted octanol–water partition coefficient (Wildman–Crippen LogP) is 17.7. The quantitative estimate of drug-likeness (QED) is 0.159. The minimum absolute atomic E-state index is 0.604. The number of benzene rings is 11. The summed E-state index contributed by atoms with van der Waals surface area (Å²) in [5, 5.41) is 4.62. The maximum Gasteiger partial charge on any atom is 0.137 e. The lowest BCUT2D eigenvalue weighted by Gasteiger charge is -2.33. The molecule has 0 fully saturated rings. The van der Waals surface area contributed by atoms with Crippen molar-refractivity contribution in [2.45, 2.75) is 5.41 Å². The van der Waals surface area contributed by atoms with Gasteiger partial charge in [-0.1, -0.05) is 176 Å². The first-order chi connectivity index (χ1) is 33.7. The molecular weight excluding hydrogens is 825 g/mol. The van der Waals surface area contributed by atoms with E-state index in [2.05, 4.69) is 259 Å². The van der Waals surface area contributed by atoms with Crippen LogP contribution in [0.2, 0.25) is 0 Å². The van der Waals surface area contributed by atoms with Crippen LogP contribution in [0.25, 0.3) is 66.1 Å². The minimum Gasteiger partial charge on any atom is -0.456 e. The van der Waals surface area contributed by atoms with Gasteiger partial charge >= 0.3 is 0 Å². The van der Waals surface area contributed by atoms with Crippen molar-refractivity contribution < 1.29 is 4.42 Å². The Labute approximate surface area is 395 Å². The third kappa shape index (κ3) is 5.60. The maximum absolute atomic E-state index is 6.50. The molecule has 14 rings (SSSR count). The van der Waals surface area contributed by atoms with Crippen LogP contribution in [0.5, 0.6) is 0 Å². The van der Waals surface area contributed by atoms with E-state index in [4.69, 9.17) is 4.42 Å². The molecule has 1 heterocycles. The molecule has 318 valence electrons. The maximum atomic E-state index is 6.50. The highest BCUT2D eigenvalue weighted by atomic mass is 16.3. The molecule has 1 unspecified atom stereocenters. The first-order valence-electron chi connectivity index (χ1n) is 23.4. The second-order valence-corrected chi connectivity index (χ2v) is 18.0. The van der Waals surface area contributed by atoms with E-state index in [1.54, 1.807) is 0 Å². The first kappa shape index (κ1) is 38.4. The van der Waals surface area contributed by atoms with Crippen LogP contribution in [-0.2, 0) is 5.41 Å². The largest absolute Gasteiger partial charge is 0.456 e. The number of hydrogen-bond donors (Lipinski definition) is 0. The van der Waals surface area contributed by atoms with Crippen molar-refractivity contribution >= 4 is 66.8 Å². The molecule has 68 heavy (non-hydrogen) atoms. The standard InChI is InChI=1S/C65H42N2O/c1-4-18-43(19-5-1)50-28-16-20-44-34-35-47(40-56(44)50)66(45-21-6-2-7-22-45)48-36-38-53-51-25-10-13-29-57(51)65(59(53)41-48)58-30-14-11-26-52(58)54-39-37-49(42-60(54)65)67(46-23-8-3-9-24-46)61-31-17-33-63-64(61)55-27-12-15-32-62(55)68-63/h1-42H. The molecule has 1 spiro atoms. The Morgan fingerprint density at radius 2 is 0.794 bits per heavy atom. The van der Waals surface area contributed by atoms with E-state index in [0.717, 1.165) is 56.1 Å². The van der Waals surface area contributed by atoms with E-state index in [0.29, 0.717) is 0 Å². The van der Waals surface area contributed by atoms with E-state index in [1.807, 2.05) is 6.07 Å². The molecule has 2 aliphatic rings. The highest BCUT2D eigenvalue weighted by Crippen LogP contribution is 2.64. The van der Waals surface area contributed by atoms with Crippen molar-refractivity contribution in [3.05, 3.63) is 277 Å². The average molecular weight is 867 g/mol. The summed E-state index contributed by atoms with van der Waals surface area (Å²) in [6.45, 7) is 0. The van der Waals surface area contributed by atoms with E-state index < -0.39 is 5.41 Å². The lowest BCUT2D eigenvalue weighted by molar-refractivity contribution is 0.669. The van der Waals surface area contributed by atoms with Crippen LogP contribution >= 0.6 is 0 Å². The fourth-order valence-corrected chi connectivity index (χ4v) is 11.6. The van der Waals surface area contributed by atoms with Crippen LogP contribution in [0, 0.1) is 0 Å². The first-order valence-corrected chi connectivity index (χ1v) is 23.4. The number of hydrogen-bond acceptors (Lipinski definition) is 3. The summed E-state index contributed by atoms with van der Waals surface area (Å²) in [6, 6.07) is 93.2.